The summed E-state index contributed by atoms with van der Waals surface area (Å²) in [4.78, 5) is 0. The van der Waals surface area contributed by atoms with E-state index in [9.17, 15) is 0 Å². The minimum atomic E-state index is 0. The Balaban J connectivity index is 0. The van der Waals surface area contributed by atoms with Crippen LogP contribution in [0.1, 0.15) is 13.8 Å². The van der Waals surface area contributed by atoms with Crippen LogP contribution in [0.2, 0.25) is 0 Å². The van der Waals surface area contributed by atoms with E-state index in [0.29, 0.717) is 0 Å². The SMILES string of the molecule is C[C-]=NN=[C-]C.[V+2]. The van der Waals surface area contributed by atoms with Gasteiger partial charge < -0.3 is 22.6 Å². The zero-order chi connectivity index (χ0) is 4.83. The van der Waals surface area contributed by atoms with Gasteiger partial charge in [-0.3, -0.25) is 0 Å². The molecule has 0 saturated heterocycles. The summed E-state index contributed by atoms with van der Waals surface area (Å²) < 4.78 is 0. The number of hydrogen-bond donors (Lipinski definition) is 0. The first kappa shape index (κ1) is 10.0. The molecule has 0 saturated carbocycles. The topological polar surface area (TPSA) is 24.7 Å². The predicted molar refractivity (Wildman–Crippen MR) is 26.2 cm³/mol. The fraction of sp³-hybridized carbons (Fsp3) is 0.500. The van der Waals surface area contributed by atoms with E-state index in [0.717, 1.165) is 0 Å². The van der Waals surface area contributed by atoms with Crippen molar-refractivity contribution in [1.82, 2.24) is 0 Å². The Morgan fingerprint density at radius 1 is 1.00 bits per heavy atom. The Bertz CT molecular complexity index is 58.1. The average molecular weight is 133 g/mol. The summed E-state index contributed by atoms with van der Waals surface area (Å²) >= 11 is 0. The molecule has 0 aromatic heterocycles. The molecule has 0 atom stereocenters. The van der Waals surface area contributed by atoms with Crippen molar-refractivity contribution in [3.63, 3.8) is 0 Å². The van der Waals surface area contributed by atoms with Crippen molar-refractivity contribution in [1.29, 1.82) is 0 Å². The van der Waals surface area contributed by atoms with Gasteiger partial charge in [0.1, 0.15) is 0 Å². The van der Waals surface area contributed by atoms with Gasteiger partial charge in [-0.2, -0.15) is 13.8 Å². The third-order valence-corrected chi connectivity index (χ3v) is 0.250. The maximum absolute atomic E-state index is 3.35. The van der Waals surface area contributed by atoms with Gasteiger partial charge in [0.25, 0.3) is 0 Å². The Kier molecular flexibility index (Phi) is 13.4. The van der Waals surface area contributed by atoms with Crippen molar-refractivity contribution in [2.45, 2.75) is 13.8 Å². The van der Waals surface area contributed by atoms with E-state index in [4.69, 9.17) is 0 Å². The van der Waals surface area contributed by atoms with Crippen LogP contribution < -0.4 is 0 Å². The molecular formula is C4H6N2V. The third kappa shape index (κ3) is 10.7. The predicted octanol–water partition coefficient (Wildman–Crippen LogP) is 0.834. The van der Waals surface area contributed by atoms with Crippen LogP contribution in [0.5, 0.6) is 0 Å². The first-order chi connectivity index (χ1) is 2.91. The van der Waals surface area contributed by atoms with Gasteiger partial charge in [0.15, 0.2) is 0 Å². The molecule has 0 spiro atoms. The smallest absolute Gasteiger partial charge is 0.414 e. The van der Waals surface area contributed by atoms with E-state index in [1.165, 1.54) is 0 Å². The molecule has 1 radical (unpaired) electrons. The molecule has 3 heteroatoms. The van der Waals surface area contributed by atoms with Crippen LogP contribution in [-0.2, 0) is 18.6 Å². The van der Waals surface area contributed by atoms with Crippen molar-refractivity contribution in [2.75, 3.05) is 0 Å². The average Bonchev–Trinajstić information content (AvgIpc) is 1.61. The van der Waals surface area contributed by atoms with Crippen molar-refractivity contribution in [2.24, 2.45) is 10.2 Å². The van der Waals surface area contributed by atoms with Crippen LogP contribution >= 0.6 is 0 Å². The second kappa shape index (κ2) is 9.33. The van der Waals surface area contributed by atoms with Crippen molar-refractivity contribution in [3.05, 3.63) is 0 Å². The monoisotopic (exact) mass is 133 g/mol. The third-order valence-electron chi connectivity index (χ3n) is 0.250. The summed E-state index contributed by atoms with van der Waals surface area (Å²) in [6.07, 6.45) is 4.93. The van der Waals surface area contributed by atoms with Gasteiger partial charge >= 0.3 is 18.6 Å². The van der Waals surface area contributed by atoms with E-state index in [-0.39, 0.29) is 18.6 Å². The number of nitrogens with zero attached hydrogens (tertiary/aromatic N) is 2. The Labute approximate surface area is 55.6 Å². The number of hydrogen-bond acceptors (Lipinski definition) is 2. The molecule has 0 aliphatic carbocycles. The molecule has 7 heavy (non-hydrogen) atoms. The molecule has 0 aromatic carbocycles. The van der Waals surface area contributed by atoms with Crippen LogP contribution in [0.25, 0.3) is 0 Å². The van der Waals surface area contributed by atoms with E-state index in [1.54, 1.807) is 13.8 Å². The van der Waals surface area contributed by atoms with Gasteiger partial charge in [-0.1, -0.05) is 0 Å². The molecule has 2 nitrogen and oxygen atoms in total. The fourth-order valence-electron chi connectivity index (χ4n) is 0.100. The first-order valence-electron chi connectivity index (χ1n) is 1.65. The van der Waals surface area contributed by atoms with E-state index >= 15 is 0 Å². The quantitative estimate of drug-likeness (QED) is 0.287. The Morgan fingerprint density at radius 2 is 1.29 bits per heavy atom. The molecular weight excluding hydrogens is 127 g/mol. The zero-order valence-electron chi connectivity index (χ0n) is 4.34. The minimum absolute atomic E-state index is 0. The molecule has 0 unspecified atom stereocenters. The van der Waals surface area contributed by atoms with Gasteiger partial charge in [0, 0.05) is 0 Å². The van der Waals surface area contributed by atoms with E-state index in [1.807, 2.05) is 0 Å². The van der Waals surface area contributed by atoms with Crippen LogP contribution in [0.4, 0.5) is 0 Å². The van der Waals surface area contributed by atoms with Gasteiger partial charge in [-0.05, 0) is 0 Å². The molecule has 37 valence electrons. The van der Waals surface area contributed by atoms with Gasteiger partial charge in [0.2, 0.25) is 0 Å². The summed E-state index contributed by atoms with van der Waals surface area (Å²) in [5.41, 5.74) is 0. The van der Waals surface area contributed by atoms with E-state index < -0.39 is 0 Å². The summed E-state index contributed by atoms with van der Waals surface area (Å²) in [7, 11) is 0. The second-order valence-electron chi connectivity index (χ2n) is 0.647. The first-order valence-corrected chi connectivity index (χ1v) is 1.65. The molecule has 0 rings (SSSR count). The Hall–Kier alpha value is -0.0756. The largest absolute Gasteiger partial charge is 2.00 e. The summed E-state index contributed by atoms with van der Waals surface area (Å²) in [6, 6.07) is 0. The summed E-state index contributed by atoms with van der Waals surface area (Å²) in [5, 5.41) is 6.71. The van der Waals surface area contributed by atoms with Crippen molar-refractivity contribution in [3.8, 4) is 0 Å². The fourth-order valence-corrected chi connectivity index (χ4v) is 0.100. The molecule has 0 aliphatic rings. The van der Waals surface area contributed by atoms with Gasteiger partial charge in [0.05, 0.1) is 0 Å². The maximum atomic E-state index is 3.35. The van der Waals surface area contributed by atoms with Crippen molar-refractivity contribution >= 4 is 12.4 Å². The molecule has 0 aliphatic heterocycles. The van der Waals surface area contributed by atoms with Crippen LogP contribution in [0.15, 0.2) is 10.2 Å². The molecule has 0 heterocycles. The molecule has 0 aromatic rings. The van der Waals surface area contributed by atoms with Gasteiger partial charge in [-0.15, -0.1) is 0 Å². The maximum Gasteiger partial charge on any atom is 2.00 e. The van der Waals surface area contributed by atoms with Crippen LogP contribution in [-0.4, -0.2) is 12.4 Å². The summed E-state index contributed by atoms with van der Waals surface area (Å²) in [6.45, 7) is 3.36. The Morgan fingerprint density at radius 3 is 1.43 bits per heavy atom. The van der Waals surface area contributed by atoms with Crippen molar-refractivity contribution < 1.29 is 18.6 Å². The van der Waals surface area contributed by atoms with Crippen LogP contribution in [0.3, 0.4) is 0 Å². The molecule has 0 fully saturated rings. The molecule has 0 bridgehead atoms. The van der Waals surface area contributed by atoms with E-state index in [2.05, 4.69) is 22.6 Å². The molecule has 0 amide bonds. The minimum Gasteiger partial charge on any atom is -0.414 e. The zero-order valence-corrected chi connectivity index (χ0v) is 5.74. The number of rotatable bonds is 1. The summed E-state index contributed by atoms with van der Waals surface area (Å²) in [5.74, 6) is 0. The standard InChI is InChI=1S/C4H6N2.V/c1-3-5-6-4-2;/h1-2H3;/q-2;+2. The van der Waals surface area contributed by atoms with Gasteiger partial charge in [-0.25, -0.2) is 0 Å². The van der Waals surface area contributed by atoms with Crippen LogP contribution in [0, 0.1) is 0 Å². The molecule has 0 N–H and O–H groups in total. The second-order valence-corrected chi connectivity index (χ2v) is 0.647. The normalized spacial score (nSPS) is 10.0.